The number of methoxy groups -OCH3 is 4. The van der Waals surface area contributed by atoms with Gasteiger partial charge in [0.05, 0.1) is 72.6 Å². The number of carbonyl (C=O) groups excluding carboxylic acids is 4. The van der Waals surface area contributed by atoms with Crippen molar-refractivity contribution >= 4 is 64.5 Å². The van der Waals surface area contributed by atoms with Crippen molar-refractivity contribution in [3.8, 4) is 0 Å². The number of hydrogen-bond donors (Lipinski definition) is 4. The van der Waals surface area contributed by atoms with Crippen LogP contribution in [0, 0.1) is 5.82 Å². The van der Waals surface area contributed by atoms with Crippen molar-refractivity contribution in [3.05, 3.63) is 77.4 Å². The Morgan fingerprint density at radius 1 is 0.729 bits per heavy atom. The lowest BCUT2D eigenvalue weighted by Gasteiger charge is -2.35. The maximum Gasteiger partial charge on any atom is 0.407 e. The molecule has 8 atom stereocenters. The molecule has 18 nitrogen and oxygen atoms in total. The molecule has 0 aliphatic carbocycles. The number of imidazole rings is 1. The Hall–Kier alpha value is -6.47. The minimum atomic E-state index is -0.954. The van der Waals surface area contributed by atoms with E-state index in [1.54, 1.807) is 29.7 Å². The molecule has 376 valence electrons. The highest BCUT2D eigenvalue weighted by molar-refractivity contribution is 5.88. The van der Waals surface area contributed by atoms with Crippen LogP contribution in [-0.2, 0) is 28.5 Å². The zero-order chi connectivity index (χ0) is 49.6. The van der Waals surface area contributed by atoms with Crippen LogP contribution in [0.1, 0.15) is 107 Å². The van der Waals surface area contributed by atoms with E-state index >= 15 is 4.39 Å². The van der Waals surface area contributed by atoms with Crippen LogP contribution in [0.25, 0.3) is 11.0 Å². The van der Waals surface area contributed by atoms with Crippen LogP contribution in [-0.4, -0.2) is 136 Å². The number of H-pyrrole nitrogens is 1. The lowest BCUT2D eigenvalue weighted by molar-refractivity contribution is -0.138. The molecule has 19 heteroatoms. The summed E-state index contributed by atoms with van der Waals surface area (Å²) in [7, 11) is 5.49. The third kappa shape index (κ3) is 10.4. The Kier molecular flexibility index (Phi) is 15.8. The van der Waals surface area contributed by atoms with Crippen LogP contribution < -0.4 is 25.8 Å². The molecule has 4 aliphatic rings. The predicted octanol–water partition coefficient (Wildman–Crippen LogP) is 7.65. The number of alkyl carbamates (subject to hydrolysis) is 2. The maximum absolute atomic E-state index is 16.4. The van der Waals surface area contributed by atoms with Gasteiger partial charge in [0.25, 0.3) is 0 Å². The first-order valence-corrected chi connectivity index (χ1v) is 24.4. The topological polar surface area (TPSA) is 195 Å². The van der Waals surface area contributed by atoms with Crippen molar-refractivity contribution in [2.45, 2.75) is 120 Å². The van der Waals surface area contributed by atoms with Gasteiger partial charge >= 0.3 is 12.2 Å². The van der Waals surface area contributed by atoms with Gasteiger partial charge in [-0.1, -0.05) is 12.1 Å². The Labute approximate surface area is 408 Å². The number of amides is 4. The molecule has 4 aliphatic heterocycles. The summed E-state index contributed by atoms with van der Waals surface area (Å²) in [6, 6.07) is 15.3. The maximum atomic E-state index is 16.4. The largest absolute Gasteiger partial charge is 0.453 e. The fourth-order valence-corrected chi connectivity index (χ4v) is 10.7. The van der Waals surface area contributed by atoms with Crippen molar-refractivity contribution in [3.63, 3.8) is 0 Å². The fraction of sp³-hybridized carbons (Fsp3) is 0.529. The SMILES string of the molecule is C=Nc1cc([C@@H]2CCC(c3ccc4nc([C@@H]5CCCN5C(=O)C(NC(=O)OC)[C@@H](C)OC)[nH]c4c3)N2c2ccc(N3CCCCC3)c(F)c2)ccc1N[C@@H]1CCCN1C(=O)[C@@H](NC(=O)OC)[C@@H](C)OC. The van der Waals surface area contributed by atoms with Crippen LogP contribution in [0.15, 0.2) is 59.6 Å². The van der Waals surface area contributed by atoms with Crippen LogP contribution >= 0.6 is 0 Å². The average molecular weight is 967 g/mol. The second-order valence-corrected chi connectivity index (χ2v) is 18.7. The molecule has 3 aromatic carbocycles. The Balaban J connectivity index is 1.09. The number of fused-ring (bicyclic) bond motifs is 1. The summed E-state index contributed by atoms with van der Waals surface area (Å²) in [6.07, 6.45) is 4.59. The molecule has 70 heavy (non-hydrogen) atoms. The Bertz CT molecular complexity index is 2540. The van der Waals surface area contributed by atoms with Crippen molar-refractivity contribution in [1.29, 1.82) is 0 Å². The van der Waals surface area contributed by atoms with Gasteiger partial charge < -0.3 is 59.5 Å². The van der Waals surface area contributed by atoms with Gasteiger partial charge in [-0.3, -0.25) is 14.6 Å². The van der Waals surface area contributed by atoms with Gasteiger partial charge in [0.2, 0.25) is 11.8 Å². The number of halogens is 1. The van der Waals surface area contributed by atoms with Gasteiger partial charge in [0.1, 0.15) is 29.9 Å². The summed E-state index contributed by atoms with van der Waals surface area (Å²) in [5.41, 5.74) is 6.24. The molecule has 4 saturated heterocycles. The molecule has 0 radical (unpaired) electrons. The van der Waals surface area contributed by atoms with Crippen LogP contribution in [0.4, 0.5) is 36.7 Å². The van der Waals surface area contributed by atoms with Crippen LogP contribution in [0.3, 0.4) is 0 Å². The number of carbonyl (C=O) groups is 4. The third-order valence-electron chi connectivity index (χ3n) is 14.6. The predicted molar refractivity (Wildman–Crippen MR) is 265 cm³/mol. The van der Waals surface area contributed by atoms with Gasteiger partial charge in [0, 0.05) is 46.1 Å². The molecular weight excluding hydrogens is 900 g/mol. The van der Waals surface area contributed by atoms with E-state index < -0.39 is 36.5 Å². The summed E-state index contributed by atoms with van der Waals surface area (Å²) in [5.74, 6) is -0.173. The number of benzene rings is 3. The van der Waals surface area contributed by atoms with E-state index in [9.17, 15) is 19.2 Å². The standard InChI is InChI=1S/C51H67FN10O8/c1-30(67-4)45(57-50(65)69-6)48(63)60-25-11-13-43(60)47-55-37-19-16-33(28-39(37)56-47)41-22-21-40(62(41)34-17-20-42(35(52)29-34)59-23-9-8-10-24-59)32-15-18-36(38(27-32)53-3)54-44-14-12-26-61(44)49(64)46(31(2)68-5)58-51(66)70-7/h15-20,27-31,40-41,43-46,54H,3,8-14,21-26H2,1-2,4-7H3,(H,55,56)(H,57,65)(H,58,66)/t30-,31-,40+,41?,43+,44+,45?,46+/m1/s1. The van der Waals surface area contributed by atoms with E-state index in [-0.39, 0.29) is 41.9 Å². The monoisotopic (exact) mass is 967 g/mol. The smallest absolute Gasteiger partial charge is 0.407 e. The summed E-state index contributed by atoms with van der Waals surface area (Å²) in [5, 5.41) is 8.83. The Morgan fingerprint density at radius 2 is 1.34 bits per heavy atom. The number of piperidine rings is 1. The molecule has 4 N–H and O–H groups in total. The van der Waals surface area contributed by atoms with Gasteiger partial charge in [0.15, 0.2) is 0 Å². The first kappa shape index (κ1) is 49.9. The molecule has 1 aromatic heterocycles. The van der Waals surface area contributed by atoms with Gasteiger partial charge in [-0.05, 0) is 132 Å². The lowest BCUT2D eigenvalue weighted by Crippen LogP contribution is -2.56. The highest BCUT2D eigenvalue weighted by Gasteiger charge is 2.41. The minimum absolute atomic E-state index is 0.149. The van der Waals surface area contributed by atoms with Crippen molar-refractivity contribution in [2.24, 2.45) is 4.99 Å². The van der Waals surface area contributed by atoms with Gasteiger partial charge in [-0.15, -0.1) is 0 Å². The van der Waals surface area contributed by atoms with Crippen LogP contribution in [0.2, 0.25) is 0 Å². The summed E-state index contributed by atoms with van der Waals surface area (Å²) in [4.78, 5) is 73.3. The molecule has 0 spiro atoms. The first-order chi connectivity index (χ1) is 33.9. The van der Waals surface area contributed by atoms with E-state index in [1.165, 1.54) is 28.4 Å². The molecule has 4 fully saturated rings. The van der Waals surface area contributed by atoms with Crippen LogP contribution in [0.5, 0.6) is 0 Å². The van der Waals surface area contributed by atoms with E-state index in [0.717, 1.165) is 85.9 Å². The molecular formula is C51H67FN10O8. The number of rotatable bonds is 16. The zero-order valence-electron chi connectivity index (χ0n) is 41.0. The first-order valence-electron chi connectivity index (χ1n) is 24.4. The number of nitrogens with zero attached hydrogens (tertiary/aromatic N) is 6. The molecule has 5 heterocycles. The lowest BCUT2D eigenvalue weighted by atomic mass is 10.0. The number of aromatic nitrogens is 2. The Morgan fingerprint density at radius 3 is 1.97 bits per heavy atom. The highest BCUT2D eigenvalue weighted by Crippen LogP contribution is 2.49. The van der Waals surface area contributed by atoms with Gasteiger partial charge in [-0.2, -0.15) is 0 Å². The number of aliphatic imine (C=N–C) groups is 1. The number of likely N-dealkylation sites (tertiary alicyclic amines) is 2. The second-order valence-electron chi connectivity index (χ2n) is 18.7. The number of aromatic amines is 1. The third-order valence-corrected chi connectivity index (χ3v) is 14.6. The van der Waals surface area contributed by atoms with E-state index in [4.69, 9.17) is 23.9 Å². The quantitative estimate of drug-likeness (QED) is 0.0803. The number of nitrogens with one attached hydrogen (secondary N) is 4. The molecule has 4 amide bonds. The van der Waals surface area contributed by atoms with E-state index in [1.807, 2.05) is 30.3 Å². The van der Waals surface area contributed by atoms with Crippen molar-refractivity contribution < 1.29 is 42.5 Å². The second kappa shape index (κ2) is 22.1. The number of hydrogen-bond acceptors (Lipinski definition) is 13. The number of anilines is 3. The molecule has 0 bridgehead atoms. The molecule has 0 saturated carbocycles. The van der Waals surface area contributed by atoms with E-state index in [2.05, 4.69) is 60.6 Å². The molecule has 4 aromatic rings. The molecule has 8 rings (SSSR count). The normalized spacial score (nSPS) is 22.1. The minimum Gasteiger partial charge on any atom is -0.453 e. The summed E-state index contributed by atoms with van der Waals surface area (Å²) in [6.45, 7) is 10.0. The zero-order valence-corrected chi connectivity index (χ0v) is 41.0. The van der Waals surface area contributed by atoms with E-state index in [0.29, 0.717) is 48.8 Å². The average Bonchev–Trinajstić information content (AvgIpc) is 4.23. The number of ether oxygens (including phenoxy) is 4. The van der Waals surface area contributed by atoms with Crippen molar-refractivity contribution in [2.75, 3.05) is 69.7 Å². The summed E-state index contributed by atoms with van der Waals surface area (Å²) >= 11 is 0. The summed E-state index contributed by atoms with van der Waals surface area (Å²) < 4.78 is 37.0. The van der Waals surface area contributed by atoms with Crippen molar-refractivity contribution in [1.82, 2.24) is 30.4 Å². The molecule has 2 unspecified atom stereocenters. The fourth-order valence-electron chi connectivity index (χ4n) is 10.7. The van der Waals surface area contributed by atoms with Gasteiger partial charge in [-0.25, -0.2) is 19.0 Å². The highest BCUT2D eigenvalue weighted by atomic mass is 19.1.